The molecule has 0 saturated heterocycles. The number of hydrogen-bond acceptors (Lipinski definition) is 2. The lowest BCUT2D eigenvalue weighted by Crippen LogP contribution is -2.30. The molecular formula is C13H21NO. The lowest BCUT2D eigenvalue weighted by Gasteiger charge is -2.14. The predicted molar refractivity (Wildman–Crippen MR) is 63.9 cm³/mol. The number of benzene rings is 1. The van der Waals surface area contributed by atoms with Gasteiger partial charge in [0.1, 0.15) is 0 Å². The lowest BCUT2D eigenvalue weighted by atomic mass is 10.1. The normalized spacial score (nSPS) is 13.1. The molecule has 1 rings (SSSR count). The Morgan fingerprint density at radius 2 is 2.07 bits per heavy atom. The number of nitrogens with two attached hydrogens (primary N) is 1. The highest BCUT2D eigenvalue weighted by Gasteiger charge is 2.05. The van der Waals surface area contributed by atoms with Crippen LogP contribution in [0, 0.1) is 6.92 Å². The summed E-state index contributed by atoms with van der Waals surface area (Å²) in [5.41, 5.74) is 8.55. The Morgan fingerprint density at radius 1 is 1.33 bits per heavy atom. The van der Waals surface area contributed by atoms with E-state index in [1.807, 2.05) is 13.8 Å². The van der Waals surface area contributed by atoms with Gasteiger partial charge in [-0.3, -0.25) is 0 Å². The minimum atomic E-state index is 0.0919. The van der Waals surface area contributed by atoms with Crippen molar-refractivity contribution in [3.8, 4) is 0 Å². The standard InChI is InChI=1S/C13H21NO/c1-10(2)15-9-13(14)8-12-6-4-5-11(3)7-12/h4-7,10,13H,8-9,14H2,1-3H3. The molecule has 0 spiro atoms. The van der Waals surface area contributed by atoms with E-state index in [0.29, 0.717) is 6.61 Å². The van der Waals surface area contributed by atoms with Crippen molar-refractivity contribution in [1.82, 2.24) is 0 Å². The smallest absolute Gasteiger partial charge is 0.0624 e. The highest BCUT2D eigenvalue weighted by Crippen LogP contribution is 2.06. The average molecular weight is 207 g/mol. The minimum absolute atomic E-state index is 0.0919. The molecule has 0 heterocycles. The Labute approximate surface area is 92.4 Å². The summed E-state index contributed by atoms with van der Waals surface area (Å²) < 4.78 is 5.48. The van der Waals surface area contributed by atoms with Crippen LogP contribution in [-0.2, 0) is 11.2 Å². The van der Waals surface area contributed by atoms with E-state index in [0.717, 1.165) is 6.42 Å². The number of ether oxygens (including phenoxy) is 1. The van der Waals surface area contributed by atoms with Crippen LogP contribution in [0.15, 0.2) is 24.3 Å². The SMILES string of the molecule is Cc1cccc(CC(N)COC(C)C)c1. The number of hydrogen-bond donors (Lipinski definition) is 1. The highest BCUT2D eigenvalue weighted by molar-refractivity contribution is 5.22. The second-order valence-corrected chi connectivity index (χ2v) is 4.34. The largest absolute Gasteiger partial charge is 0.377 e. The van der Waals surface area contributed by atoms with Crippen LogP contribution < -0.4 is 5.73 Å². The van der Waals surface area contributed by atoms with E-state index in [-0.39, 0.29) is 12.1 Å². The van der Waals surface area contributed by atoms with E-state index in [1.54, 1.807) is 0 Å². The van der Waals surface area contributed by atoms with Crippen LogP contribution in [0.1, 0.15) is 25.0 Å². The van der Waals surface area contributed by atoms with Crippen LogP contribution in [0.3, 0.4) is 0 Å². The Hall–Kier alpha value is -0.860. The van der Waals surface area contributed by atoms with Crippen molar-refractivity contribution in [2.75, 3.05) is 6.61 Å². The van der Waals surface area contributed by atoms with Crippen molar-refractivity contribution >= 4 is 0 Å². The molecular weight excluding hydrogens is 186 g/mol. The van der Waals surface area contributed by atoms with E-state index in [2.05, 4.69) is 31.2 Å². The molecule has 0 amide bonds. The Balaban J connectivity index is 2.40. The molecule has 2 nitrogen and oxygen atoms in total. The summed E-state index contributed by atoms with van der Waals surface area (Å²) in [5.74, 6) is 0. The van der Waals surface area contributed by atoms with Crippen molar-refractivity contribution in [3.05, 3.63) is 35.4 Å². The zero-order valence-corrected chi connectivity index (χ0v) is 9.86. The van der Waals surface area contributed by atoms with Gasteiger partial charge in [-0.25, -0.2) is 0 Å². The van der Waals surface area contributed by atoms with Crippen molar-refractivity contribution in [3.63, 3.8) is 0 Å². The van der Waals surface area contributed by atoms with Gasteiger partial charge >= 0.3 is 0 Å². The topological polar surface area (TPSA) is 35.2 Å². The van der Waals surface area contributed by atoms with E-state index >= 15 is 0 Å². The monoisotopic (exact) mass is 207 g/mol. The first-order chi connectivity index (χ1) is 7.08. The Bertz CT molecular complexity index is 296. The quantitative estimate of drug-likeness (QED) is 0.804. The lowest BCUT2D eigenvalue weighted by molar-refractivity contribution is 0.0684. The molecule has 0 radical (unpaired) electrons. The molecule has 0 saturated carbocycles. The van der Waals surface area contributed by atoms with Crippen LogP contribution in [0.25, 0.3) is 0 Å². The van der Waals surface area contributed by atoms with Gasteiger partial charge in [-0.2, -0.15) is 0 Å². The third kappa shape index (κ3) is 4.96. The molecule has 0 aliphatic carbocycles. The fourth-order valence-corrected chi connectivity index (χ4v) is 1.52. The highest BCUT2D eigenvalue weighted by atomic mass is 16.5. The fraction of sp³-hybridized carbons (Fsp3) is 0.538. The molecule has 1 aromatic rings. The van der Waals surface area contributed by atoms with Crippen LogP contribution >= 0.6 is 0 Å². The fourth-order valence-electron chi connectivity index (χ4n) is 1.52. The molecule has 15 heavy (non-hydrogen) atoms. The number of aryl methyl sites for hydroxylation is 1. The molecule has 0 bridgehead atoms. The maximum atomic E-state index is 5.98. The van der Waals surface area contributed by atoms with Gasteiger partial charge in [0, 0.05) is 6.04 Å². The third-order valence-electron chi connectivity index (χ3n) is 2.22. The first-order valence-corrected chi connectivity index (χ1v) is 5.50. The maximum absolute atomic E-state index is 5.98. The second-order valence-electron chi connectivity index (χ2n) is 4.34. The van der Waals surface area contributed by atoms with E-state index in [9.17, 15) is 0 Å². The van der Waals surface area contributed by atoms with Gasteiger partial charge in [0.05, 0.1) is 12.7 Å². The first-order valence-electron chi connectivity index (χ1n) is 5.50. The Morgan fingerprint density at radius 3 is 2.67 bits per heavy atom. The van der Waals surface area contributed by atoms with Gasteiger partial charge in [-0.05, 0) is 32.8 Å². The average Bonchev–Trinajstić information content (AvgIpc) is 2.15. The summed E-state index contributed by atoms with van der Waals surface area (Å²) in [5, 5.41) is 0. The van der Waals surface area contributed by atoms with Gasteiger partial charge in [0.25, 0.3) is 0 Å². The van der Waals surface area contributed by atoms with Gasteiger partial charge in [-0.15, -0.1) is 0 Å². The van der Waals surface area contributed by atoms with Crippen molar-refractivity contribution in [2.24, 2.45) is 5.73 Å². The minimum Gasteiger partial charge on any atom is -0.377 e. The summed E-state index contributed by atoms with van der Waals surface area (Å²) in [4.78, 5) is 0. The summed E-state index contributed by atoms with van der Waals surface area (Å²) in [6, 6.07) is 8.55. The van der Waals surface area contributed by atoms with Crippen molar-refractivity contribution in [1.29, 1.82) is 0 Å². The first kappa shape index (κ1) is 12.2. The molecule has 2 N–H and O–H groups in total. The molecule has 0 fully saturated rings. The molecule has 0 aliphatic rings. The van der Waals surface area contributed by atoms with Crippen LogP contribution in [0.5, 0.6) is 0 Å². The van der Waals surface area contributed by atoms with Crippen molar-refractivity contribution in [2.45, 2.75) is 39.3 Å². The van der Waals surface area contributed by atoms with Crippen LogP contribution in [-0.4, -0.2) is 18.8 Å². The molecule has 2 heteroatoms. The zero-order chi connectivity index (χ0) is 11.3. The molecule has 0 aliphatic heterocycles. The molecule has 1 unspecified atom stereocenters. The summed E-state index contributed by atoms with van der Waals surface area (Å²) in [7, 11) is 0. The number of rotatable bonds is 5. The Kier molecular flexibility index (Phi) is 4.79. The van der Waals surface area contributed by atoms with Gasteiger partial charge < -0.3 is 10.5 Å². The molecule has 0 aromatic heterocycles. The summed E-state index contributed by atoms with van der Waals surface area (Å²) in [6.07, 6.45) is 1.14. The van der Waals surface area contributed by atoms with Gasteiger partial charge in [0.15, 0.2) is 0 Å². The summed E-state index contributed by atoms with van der Waals surface area (Å²) in [6.45, 7) is 6.78. The molecule has 1 atom stereocenters. The van der Waals surface area contributed by atoms with E-state index < -0.39 is 0 Å². The van der Waals surface area contributed by atoms with E-state index in [4.69, 9.17) is 10.5 Å². The maximum Gasteiger partial charge on any atom is 0.0624 e. The van der Waals surface area contributed by atoms with Gasteiger partial charge in [0.2, 0.25) is 0 Å². The molecule has 1 aromatic carbocycles. The summed E-state index contributed by atoms with van der Waals surface area (Å²) >= 11 is 0. The van der Waals surface area contributed by atoms with Gasteiger partial charge in [-0.1, -0.05) is 29.8 Å². The van der Waals surface area contributed by atoms with Crippen LogP contribution in [0.2, 0.25) is 0 Å². The zero-order valence-electron chi connectivity index (χ0n) is 9.86. The van der Waals surface area contributed by atoms with Crippen LogP contribution in [0.4, 0.5) is 0 Å². The predicted octanol–water partition coefficient (Wildman–Crippen LogP) is 2.29. The van der Waals surface area contributed by atoms with E-state index in [1.165, 1.54) is 11.1 Å². The molecule has 84 valence electrons. The van der Waals surface area contributed by atoms with Crippen molar-refractivity contribution < 1.29 is 4.74 Å². The third-order valence-corrected chi connectivity index (χ3v) is 2.22. The second kappa shape index (κ2) is 5.89.